The summed E-state index contributed by atoms with van der Waals surface area (Å²) >= 11 is 1.34. The van der Waals surface area contributed by atoms with Gasteiger partial charge in [-0.3, -0.25) is 9.59 Å². The van der Waals surface area contributed by atoms with Gasteiger partial charge in [-0.25, -0.2) is 0 Å². The highest BCUT2D eigenvalue weighted by molar-refractivity contribution is 8.01. The lowest BCUT2D eigenvalue weighted by Gasteiger charge is -2.16. The van der Waals surface area contributed by atoms with Crippen LogP contribution in [0.25, 0.3) is 0 Å². The third-order valence-electron chi connectivity index (χ3n) is 8.56. The number of carbonyl (C=O) groups excluding carboxylic acids is 2. The van der Waals surface area contributed by atoms with Gasteiger partial charge in [0.15, 0.2) is 0 Å². The second kappa shape index (κ2) is 34.2. The van der Waals surface area contributed by atoms with Gasteiger partial charge in [-0.1, -0.05) is 181 Å². The van der Waals surface area contributed by atoms with E-state index in [2.05, 4.69) is 13.8 Å². The number of ether oxygens (including phenoxy) is 2. The predicted octanol–water partition coefficient (Wildman–Crippen LogP) is 12.5. The third-order valence-corrected chi connectivity index (χ3v) is 9.76. The normalized spacial score (nSPS) is 12.7. The second-order valence-electron chi connectivity index (χ2n) is 12.9. The summed E-state index contributed by atoms with van der Waals surface area (Å²) in [4.78, 5) is 24.7. The van der Waals surface area contributed by atoms with Crippen LogP contribution in [-0.2, 0) is 19.1 Å². The summed E-state index contributed by atoms with van der Waals surface area (Å²) in [7, 11) is 0. The molecule has 2 unspecified atom stereocenters. The van der Waals surface area contributed by atoms with Gasteiger partial charge in [0.2, 0.25) is 0 Å². The Morgan fingerprint density at radius 2 is 0.605 bits per heavy atom. The number of unbranched alkanes of at least 4 members (excludes halogenated alkanes) is 26. The minimum absolute atomic E-state index is 0.216. The van der Waals surface area contributed by atoms with Gasteiger partial charge in [0.25, 0.3) is 0 Å². The fraction of sp³-hybridized carbons (Fsp3) is 0.947. The zero-order valence-corrected chi connectivity index (χ0v) is 30.2. The lowest BCUT2D eigenvalue weighted by atomic mass is 10.0. The molecule has 0 saturated heterocycles. The van der Waals surface area contributed by atoms with Crippen molar-refractivity contribution in [1.29, 1.82) is 0 Å². The zero-order valence-electron chi connectivity index (χ0n) is 29.4. The van der Waals surface area contributed by atoms with Crippen LogP contribution < -0.4 is 0 Å². The SMILES string of the molecule is CCCCCCCCCCCCCCCCCCOC(=O)C(C)SC(C)C(=O)OCCCCCCCCCCCCCC. The van der Waals surface area contributed by atoms with E-state index in [4.69, 9.17) is 9.47 Å². The molecule has 0 fully saturated rings. The first-order chi connectivity index (χ1) is 21.0. The van der Waals surface area contributed by atoms with Gasteiger partial charge in [0.1, 0.15) is 10.5 Å². The third kappa shape index (κ3) is 31.1. The van der Waals surface area contributed by atoms with Gasteiger partial charge in [-0.05, 0) is 26.7 Å². The van der Waals surface area contributed by atoms with E-state index in [0.717, 1.165) is 25.7 Å². The molecular weight excluding hydrogens is 552 g/mol. The molecule has 0 spiro atoms. The van der Waals surface area contributed by atoms with Crippen LogP contribution >= 0.6 is 11.8 Å². The molecule has 0 aliphatic carbocycles. The Hall–Kier alpha value is -0.710. The molecule has 0 aromatic heterocycles. The minimum Gasteiger partial charge on any atom is -0.465 e. The van der Waals surface area contributed by atoms with Crippen LogP contribution in [0.3, 0.4) is 0 Å². The Morgan fingerprint density at radius 3 is 0.837 bits per heavy atom. The maximum Gasteiger partial charge on any atom is 0.318 e. The molecule has 0 aromatic rings. The molecule has 0 saturated carbocycles. The number of esters is 2. The first-order valence-electron chi connectivity index (χ1n) is 19.0. The monoisotopic (exact) mass is 627 g/mol. The van der Waals surface area contributed by atoms with E-state index in [0.29, 0.717) is 13.2 Å². The Balaban J connectivity index is 3.51. The summed E-state index contributed by atoms with van der Waals surface area (Å²) in [6.45, 7) is 9.18. The summed E-state index contributed by atoms with van der Waals surface area (Å²) in [5, 5.41) is -0.703. The van der Waals surface area contributed by atoms with Crippen LogP contribution in [0.4, 0.5) is 0 Å². The highest BCUT2D eigenvalue weighted by Crippen LogP contribution is 2.21. The number of hydrogen-bond acceptors (Lipinski definition) is 5. The van der Waals surface area contributed by atoms with Crippen molar-refractivity contribution >= 4 is 23.7 Å². The van der Waals surface area contributed by atoms with E-state index in [9.17, 15) is 9.59 Å². The van der Waals surface area contributed by atoms with E-state index < -0.39 is 0 Å². The molecule has 0 aliphatic heterocycles. The maximum absolute atomic E-state index is 12.4. The molecule has 0 aromatic carbocycles. The van der Waals surface area contributed by atoms with Crippen LogP contribution in [0.5, 0.6) is 0 Å². The van der Waals surface area contributed by atoms with Gasteiger partial charge in [-0.2, -0.15) is 0 Å². The predicted molar refractivity (Wildman–Crippen MR) is 189 cm³/mol. The Morgan fingerprint density at radius 1 is 0.395 bits per heavy atom. The molecule has 0 aliphatic rings. The molecule has 5 heteroatoms. The molecule has 0 rings (SSSR count). The summed E-state index contributed by atoms with van der Waals surface area (Å²) in [5.41, 5.74) is 0. The van der Waals surface area contributed by atoms with Crippen molar-refractivity contribution in [2.75, 3.05) is 13.2 Å². The van der Waals surface area contributed by atoms with E-state index in [-0.39, 0.29) is 22.4 Å². The summed E-state index contributed by atoms with van der Waals surface area (Å²) in [6.07, 6.45) is 36.8. The molecule has 2 atom stereocenters. The van der Waals surface area contributed by atoms with Crippen LogP contribution in [0.2, 0.25) is 0 Å². The van der Waals surface area contributed by atoms with Gasteiger partial charge in [0, 0.05) is 0 Å². The van der Waals surface area contributed by atoms with Crippen LogP contribution in [-0.4, -0.2) is 35.7 Å². The van der Waals surface area contributed by atoms with Crippen molar-refractivity contribution in [3.05, 3.63) is 0 Å². The van der Waals surface area contributed by atoms with Crippen molar-refractivity contribution in [2.45, 2.75) is 218 Å². The average Bonchev–Trinajstić information content (AvgIpc) is 3.00. The molecule has 256 valence electrons. The highest BCUT2D eigenvalue weighted by atomic mass is 32.2. The van der Waals surface area contributed by atoms with Crippen molar-refractivity contribution in [2.24, 2.45) is 0 Å². The van der Waals surface area contributed by atoms with Gasteiger partial charge < -0.3 is 9.47 Å². The van der Waals surface area contributed by atoms with E-state index in [1.165, 1.54) is 166 Å². The summed E-state index contributed by atoms with van der Waals surface area (Å²) in [6, 6.07) is 0. The molecule has 0 bridgehead atoms. The molecule has 0 N–H and O–H groups in total. The standard InChI is InChI=1S/C38H74O4S/c1-5-7-9-11-13-15-17-19-20-21-22-24-26-28-30-32-34-42-38(40)36(4)43-35(3)37(39)41-33-31-29-27-25-23-18-16-14-12-10-8-6-2/h35-36H,5-34H2,1-4H3. The Bertz CT molecular complexity index is 596. The number of rotatable bonds is 34. The van der Waals surface area contributed by atoms with Crippen LogP contribution in [0.15, 0.2) is 0 Å². The van der Waals surface area contributed by atoms with Gasteiger partial charge >= 0.3 is 11.9 Å². The largest absolute Gasteiger partial charge is 0.465 e. The molecule has 0 amide bonds. The summed E-state index contributed by atoms with van der Waals surface area (Å²) < 4.78 is 10.9. The smallest absolute Gasteiger partial charge is 0.318 e. The first-order valence-corrected chi connectivity index (χ1v) is 20.0. The number of hydrogen-bond donors (Lipinski definition) is 0. The average molecular weight is 627 g/mol. The highest BCUT2D eigenvalue weighted by Gasteiger charge is 2.23. The molecule has 0 heterocycles. The second-order valence-corrected chi connectivity index (χ2v) is 14.6. The molecule has 4 nitrogen and oxygen atoms in total. The van der Waals surface area contributed by atoms with Crippen molar-refractivity contribution in [3.8, 4) is 0 Å². The molecule has 43 heavy (non-hydrogen) atoms. The molecule has 0 radical (unpaired) electrons. The minimum atomic E-state index is -0.352. The van der Waals surface area contributed by atoms with E-state index in [1.807, 2.05) is 13.8 Å². The number of carbonyl (C=O) groups is 2. The maximum atomic E-state index is 12.4. The lowest BCUT2D eigenvalue weighted by Crippen LogP contribution is -2.25. The number of thioether (sulfide) groups is 1. The van der Waals surface area contributed by atoms with E-state index >= 15 is 0 Å². The van der Waals surface area contributed by atoms with Crippen LogP contribution in [0, 0.1) is 0 Å². The fourth-order valence-electron chi connectivity index (χ4n) is 5.59. The Labute approximate surface area is 273 Å². The topological polar surface area (TPSA) is 52.6 Å². The van der Waals surface area contributed by atoms with Crippen molar-refractivity contribution in [1.82, 2.24) is 0 Å². The first kappa shape index (κ1) is 42.3. The quantitative estimate of drug-likeness (QED) is 0.0525. The summed E-state index contributed by atoms with van der Waals surface area (Å²) in [5.74, 6) is -0.433. The zero-order chi connectivity index (χ0) is 31.6. The fourth-order valence-corrected chi connectivity index (χ4v) is 6.56. The van der Waals surface area contributed by atoms with Crippen molar-refractivity contribution in [3.63, 3.8) is 0 Å². The van der Waals surface area contributed by atoms with E-state index in [1.54, 1.807) is 0 Å². The molecular formula is C38H74O4S. The van der Waals surface area contributed by atoms with Gasteiger partial charge in [0.05, 0.1) is 13.2 Å². The lowest BCUT2D eigenvalue weighted by molar-refractivity contribution is -0.142. The van der Waals surface area contributed by atoms with Gasteiger partial charge in [-0.15, -0.1) is 11.8 Å². The van der Waals surface area contributed by atoms with Crippen molar-refractivity contribution < 1.29 is 19.1 Å². The Kier molecular flexibility index (Phi) is 33.6. The van der Waals surface area contributed by atoms with Crippen LogP contribution in [0.1, 0.15) is 207 Å².